The van der Waals surface area contributed by atoms with Crippen molar-refractivity contribution in [1.29, 1.82) is 0 Å². The highest BCUT2D eigenvalue weighted by Gasteiger charge is 2.17. The predicted molar refractivity (Wildman–Crippen MR) is 109 cm³/mol. The maximum atomic E-state index is 12.0. The highest BCUT2D eigenvalue weighted by Crippen LogP contribution is 2.28. The van der Waals surface area contributed by atoms with Gasteiger partial charge in [0.2, 0.25) is 0 Å². The van der Waals surface area contributed by atoms with Crippen molar-refractivity contribution in [3.8, 4) is 11.4 Å². The SMILES string of the molecule is CCCc1cccc(C(=O)OO)c1Nc1cc(C)nc(-c2ccc(Cl)cc2)n1. The van der Waals surface area contributed by atoms with Crippen LogP contribution in [-0.2, 0) is 11.3 Å². The molecule has 3 aromatic rings. The number of benzene rings is 2. The van der Waals surface area contributed by atoms with E-state index in [-0.39, 0.29) is 5.56 Å². The van der Waals surface area contributed by atoms with Crippen LogP contribution in [0.3, 0.4) is 0 Å². The van der Waals surface area contributed by atoms with Crippen LogP contribution in [0.1, 0.15) is 35.0 Å². The first-order valence-electron chi connectivity index (χ1n) is 8.88. The summed E-state index contributed by atoms with van der Waals surface area (Å²) in [5.41, 5.74) is 3.31. The lowest BCUT2D eigenvalue weighted by molar-refractivity contribution is -0.182. The van der Waals surface area contributed by atoms with Gasteiger partial charge in [-0.05, 0) is 49.2 Å². The van der Waals surface area contributed by atoms with E-state index in [0.717, 1.165) is 29.7 Å². The molecule has 0 radical (unpaired) electrons. The van der Waals surface area contributed by atoms with E-state index in [9.17, 15) is 4.79 Å². The zero-order chi connectivity index (χ0) is 20.1. The third-order valence-electron chi connectivity index (χ3n) is 4.18. The molecule has 0 aliphatic rings. The Morgan fingerprint density at radius 3 is 2.61 bits per heavy atom. The number of anilines is 2. The van der Waals surface area contributed by atoms with Crippen molar-refractivity contribution < 1.29 is 14.9 Å². The Kier molecular flexibility index (Phi) is 6.23. The van der Waals surface area contributed by atoms with Crippen molar-refractivity contribution in [2.45, 2.75) is 26.7 Å². The summed E-state index contributed by atoms with van der Waals surface area (Å²) in [6.45, 7) is 3.92. The molecular formula is C21H20ClN3O3. The molecule has 28 heavy (non-hydrogen) atoms. The summed E-state index contributed by atoms with van der Waals surface area (Å²) < 4.78 is 0. The number of rotatable bonds is 6. The van der Waals surface area contributed by atoms with Crippen LogP contribution >= 0.6 is 11.6 Å². The highest BCUT2D eigenvalue weighted by atomic mass is 35.5. The van der Waals surface area contributed by atoms with E-state index < -0.39 is 5.97 Å². The molecule has 0 spiro atoms. The number of nitrogens with zero attached hydrogens (tertiary/aromatic N) is 2. The Labute approximate surface area is 168 Å². The van der Waals surface area contributed by atoms with E-state index in [1.54, 1.807) is 30.3 Å². The van der Waals surface area contributed by atoms with E-state index >= 15 is 0 Å². The minimum Gasteiger partial charge on any atom is -0.339 e. The maximum absolute atomic E-state index is 12.0. The molecule has 0 fully saturated rings. The van der Waals surface area contributed by atoms with Crippen LogP contribution in [0.15, 0.2) is 48.5 Å². The standard InChI is InChI=1S/C21H20ClN3O3/c1-3-5-14-6-4-7-17(21(26)28-27)19(14)24-18-12-13(2)23-20(25-18)15-8-10-16(22)11-9-15/h4,6-12,27H,3,5H2,1-2H3,(H,23,24,25). The number of para-hydroxylation sites is 1. The van der Waals surface area contributed by atoms with Crippen molar-refractivity contribution in [1.82, 2.24) is 9.97 Å². The Balaban J connectivity index is 2.04. The monoisotopic (exact) mass is 397 g/mol. The lowest BCUT2D eigenvalue weighted by Gasteiger charge is -2.15. The number of carbonyl (C=O) groups excluding carboxylic acids is 1. The van der Waals surface area contributed by atoms with E-state index in [4.69, 9.17) is 16.9 Å². The van der Waals surface area contributed by atoms with Crippen molar-refractivity contribution >= 4 is 29.1 Å². The van der Waals surface area contributed by atoms with E-state index in [2.05, 4.69) is 20.2 Å². The van der Waals surface area contributed by atoms with Gasteiger partial charge < -0.3 is 5.32 Å². The third-order valence-corrected chi connectivity index (χ3v) is 4.43. The average molecular weight is 398 g/mol. The Morgan fingerprint density at radius 2 is 1.93 bits per heavy atom. The molecule has 0 unspecified atom stereocenters. The van der Waals surface area contributed by atoms with Crippen molar-refractivity contribution in [2.75, 3.05) is 5.32 Å². The van der Waals surface area contributed by atoms with E-state index in [0.29, 0.717) is 22.4 Å². The number of nitrogens with one attached hydrogen (secondary N) is 1. The largest absolute Gasteiger partial charge is 0.374 e. The van der Waals surface area contributed by atoms with Gasteiger partial charge in [0.25, 0.3) is 0 Å². The number of halogens is 1. The number of hydrogen-bond donors (Lipinski definition) is 2. The van der Waals surface area contributed by atoms with Crippen LogP contribution in [0.5, 0.6) is 0 Å². The van der Waals surface area contributed by atoms with E-state index in [1.807, 2.05) is 32.0 Å². The molecule has 0 saturated carbocycles. The van der Waals surface area contributed by atoms with Crippen LogP contribution in [0.2, 0.25) is 5.02 Å². The van der Waals surface area contributed by atoms with Crippen LogP contribution < -0.4 is 5.32 Å². The molecule has 2 aromatic carbocycles. The summed E-state index contributed by atoms with van der Waals surface area (Å²) in [6.07, 6.45) is 1.65. The topological polar surface area (TPSA) is 84.3 Å². The number of aromatic nitrogens is 2. The van der Waals surface area contributed by atoms with Crippen molar-refractivity contribution in [3.05, 3.63) is 70.4 Å². The number of hydrogen-bond acceptors (Lipinski definition) is 6. The molecule has 0 aliphatic carbocycles. The second kappa shape index (κ2) is 8.82. The maximum Gasteiger partial charge on any atom is 0.374 e. The molecule has 7 heteroatoms. The van der Waals surface area contributed by atoms with Crippen LogP contribution in [-0.4, -0.2) is 21.2 Å². The molecule has 3 rings (SSSR count). The smallest absolute Gasteiger partial charge is 0.339 e. The second-order valence-corrected chi connectivity index (χ2v) is 6.75. The van der Waals surface area contributed by atoms with Gasteiger partial charge in [-0.25, -0.2) is 14.8 Å². The van der Waals surface area contributed by atoms with Crippen LogP contribution in [0.25, 0.3) is 11.4 Å². The summed E-state index contributed by atoms with van der Waals surface area (Å²) in [5, 5.41) is 12.7. The van der Waals surface area contributed by atoms with Gasteiger partial charge in [-0.15, -0.1) is 0 Å². The highest BCUT2D eigenvalue weighted by molar-refractivity contribution is 6.30. The van der Waals surface area contributed by atoms with Crippen LogP contribution in [0, 0.1) is 6.92 Å². The molecule has 0 atom stereocenters. The molecular weight excluding hydrogens is 378 g/mol. The van der Waals surface area contributed by atoms with Gasteiger partial charge in [-0.3, -0.25) is 4.89 Å². The summed E-state index contributed by atoms with van der Waals surface area (Å²) in [6, 6.07) is 14.3. The zero-order valence-electron chi connectivity index (χ0n) is 15.6. The molecule has 2 N–H and O–H groups in total. The first-order chi connectivity index (χ1) is 13.5. The Hall–Kier alpha value is -2.96. The molecule has 1 heterocycles. The molecule has 0 amide bonds. The summed E-state index contributed by atoms with van der Waals surface area (Å²) in [4.78, 5) is 25.0. The van der Waals surface area contributed by atoms with Gasteiger partial charge in [0.05, 0.1) is 11.3 Å². The first kappa shape index (κ1) is 19.8. The fourth-order valence-corrected chi connectivity index (χ4v) is 3.06. The van der Waals surface area contributed by atoms with Gasteiger partial charge in [0.15, 0.2) is 5.82 Å². The Morgan fingerprint density at radius 1 is 1.18 bits per heavy atom. The molecule has 6 nitrogen and oxygen atoms in total. The quantitative estimate of drug-likeness (QED) is 0.426. The molecule has 0 aliphatic heterocycles. The van der Waals surface area contributed by atoms with Gasteiger partial charge in [0.1, 0.15) is 5.82 Å². The zero-order valence-corrected chi connectivity index (χ0v) is 16.3. The fraction of sp³-hybridized carbons (Fsp3) is 0.190. The lowest BCUT2D eigenvalue weighted by Crippen LogP contribution is -2.09. The second-order valence-electron chi connectivity index (χ2n) is 6.32. The van der Waals surface area contributed by atoms with Gasteiger partial charge in [-0.1, -0.05) is 37.1 Å². The first-order valence-corrected chi connectivity index (χ1v) is 9.26. The molecule has 0 bridgehead atoms. The fourth-order valence-electron chi connectivity index (χ4n) is 2.93. The third kappa shape index (κ3) is 4.47. The van der Waals surface area contributed by atoms with Crippen molar-refractivity contribution in [2.24, 2.45) is 0 Å². The summed E-state index contributed by atoms with van der Waals surface area (Å²) >= 11 is 5.96. The van der Waals surface area contributed by atoms with Gasteiger partial charge in [-0.2, -0.15) is 5.26 Å². The minimum absolute atomic E-state index is 0.234. The summed E-state index contributed by atoms with van der Waals surface area (Å²) in [5.74, 6) is 0.246. The minimum atomic E-state index is -0.829. The van der Waals surface area contributed by atoms with Crippen LogP contribution in [0.4, 0.5) is 11.5 Å². The number of aryl methyl sites for hydroxylation is 2. The van der Waals surface area contributed by atoms with Gasteiger partial charge in [0, 0.05) is 22.3 Å². The Bertz CT molecular complexity index is 991. The number of carbonyl (C=O) groups is 1. The predicted octanol–water partition coefficient (Wildman–Crippen LogP) is 5.43. The molecule has 1 aromatic heterocycles. The normalized spacial score (nSPS) is 10.6. The lowest BCUT2D eigenvalue weighted by atomic mass is 10.0. The summed E-state index contributed by atoms with van der Waals surface area (Å²) in [7, 11) is 0. The molecule has 0 saturated heterocycles. The average Bonchev–Trinajstić information content (AvgIpc) is 2.69. The van der Waals surface area contributed by atoms with E-state index in [1.165, 1.54) is 0 Å². The van der Waals surface area contributed by atoms with Crippen molar-refractivity contribution in [3.63, 3.8) is 0 Å². The molecule has 144 valence electrons. The van der Waals surface area contributed by atoms with Gasteiger partial charge >= 0.3 is 5.97 Å².